The van der Waals surface area contributed by atoms with Gasteiger partial charge in [0.1, 0.15) is 11.6 Å². The molecular formula is C16H20BrN3O3S. The maximum atomic E-state index is 11.8. The highest BCUT2D eigenvalue weighted by molar-refractivity contribution is 9.10. The molecule has 1 aromatic heterocycles. The number of carbonyl (C=O) groups is 1. The van der Waals surface area contributed by atoms with Crippen molar-refractivity contribution in [2.75, 3.05) is 0 Å². The second-order valence-electron chi connectivity index (χ2n) is 6.19. The summed E-state index contributed by atoms with van der Waals surface area (Å²) in [4.78, 5) is 11.8. The molecule has 0 saturated carbocycles. The van der Waals surface area contributed by atoms with Gasteiger partial charge in [-0.1, -0.05) is 39.8 Å². The van der Waals surface area contributed by atoms with Gasteiger partial charge < -0.3 is 14.5 Å². The number of thioether (sulfide) groups is 1. The fourth-order valence-corrected chi connectivity index (χ4v) is 2.72. The van der Waals surface area contributed by atoms with E-state index in [9.17, 15) is 4.79 Å². The van der Waals surface area contributed by atoms with Crippen LogP contribution in [0, 0.1) is 0 Å². The second-order valence-corrected chi connectivity index (χ2v) is 8.03. The molecule has 0 aliphatic rings. The molecule has 1 heterocycles. The molecule has 1 atom stereocenters. The van der Waals surface area contributed by atoms with Crippen LogP contribution in [-0.2, 0) is 10.5 Å². The normalized spacial score (nSPS) is 12.7. The second kappa shape index (κ2) is 8.02. The molecule has 2 rings (SSSR count). The molecule has 0 fully saturated rings. The van der Waals surface area contributed by atoms with Crippen LogP contribution in [0.15, 0.2) is 38.4 Å². The van der Waals surface area contributed by atoms with E-state index in [0.717, 1.165) is 15.8 Å². The summed E-state index contributed by atoms with van der Waals surface area (Å²) in [6.45, 7) is 7.18. The smallest absolute Gasteiger partial charge is 0.408 e. The van der Waals surface area contributed by atoms with Crippen molar-refractivity contribution in [3.05, 3.63) is 40.2 Å². The third-order valence-corrected chi connectivity index (χ3v) is 4.22. The third kappa shape index (κ3) is 6.16. The van der Waals surface area contributed by atoms with Crippen molar-refractivity contribution < 1.29 is 13.9 Å². The summed E-state index contributed by atoms with van der Waals surface area (Å²) >= 11 is 4.85. The van der Waals surface area contributed by atoms with Gasteiger partial charge in [-0.3, -0.25) is 0 Å². The highest BCUT2D eigenvalue weighted by atomic mass is 79.9. The van der Waals surface area contributed by atoms with E-state index in [1.54, 1.807) is 27.7 Å². The van der Waals surface area contributed by atoms with Crippen LogP contribution in [0.1, 0.15) is 45.2 Å². The predicted octanol–water partition coefficient (Wildman–Crippen LogP) is 4.71. The Morgan fingerprint density at radius 2 is 2.00 bits per heavy atom. The number of benzene rings is 1. The molecule has 130 valence electrons. The molecule has 6 nitrogen and oxygen atoms in total. The van der Waals surface area contributed by atoms with Gasteiger partial charge >= 0.3 is 6.09 Å². The molecule has 2 aromatic rings. The van der Waals surface area contributed by atoms with Crippen molar-refractivity contribution in [2.45, 2.75) is 50.3 Å². The number of hydrogen-bond donors (Lipinski definition) is 1. The molecule has 1 N–H and O–H groups in total. The zero-order valence-corrected chi connectivity index (χ0v) is 16.4. The van der Waals surface area contributed by atoms with Crippen molar-refractivity contribution in [1.29, 1.82) is 0 Å². The van der Waals surface area contributed by atoms with Crippen LogP contribution in [-0.4, -0.2) is 21.9 Å². The standard InChI is InChI=1S/C16H20BrN3O3S/c1-10(18-14(21)23-16(2,3)4)13-19-20-15(22-13)24-9-11-5-7-12(17)8-6-11/h5-8,10H,9H2,1-4H3,(H,18,21)/t10-/m1/s1. The molecule has 24 heavy (non-hydrogen) atoms. The Kier molecular flexibility index (Phi) is 6.28. The van der Waals surface area contributed by atoms with E-state index in [2.05, 4.69) is 31.4 Å². The van der Waals surface area contributed by atoms with E-state index < -0.39 is 17.7 Å². The molecule has 0 spiro atoms. The van der Waals surface area contributed by atoms with Crippen molar-refractivity contribution in [1.82, 2.24) is 15.5 Å². The molecule has 1 aromatic carbocycles. The van der Waals surface area contributed by atoms with Crippen LogP contribution in [0.25, 0.3) is 0 Å². The molecule has 0 radical (unpaired) electrons. The number of hydrogen-bond acceptors (Lipinski definition) is 6. The number of halogens is 1. The van der Waals surface area contributed by atoms with Crippen molar-refractivity contribution in [3.8, 4) is 0 Å². The molecule has 8 heteroatoms. The van der Waals surface area contributed by atoms with Gasteiger partial charge in [0.2, 0.25) is 5.89 Å². The highest BCUT2D eigenvalue weighted by Crippen LogP contribution is 2.24. The molecule has 0 saturated heterocycles. The number of nitrogens with one attached hydrogen (secondary N) is 1. The monoisotopic (exact) mass is 413 g/mol. The molecule has 0 unspecified atom stereocenters. The summed E-state index contributed by atoms with van der Waals surface area (Å²) in [6, 6.07) is 7.61. The van der Waals surface area contributed by atoms with Crippen LogP contribution < -0.4 is 5.32 Å². The van der Waals surface area contributed by atoms with Gasteiger partial charge in [0, 0.05) is 10.2 Å². The molecule has 0 bridgehead atoms. The number of rotatable bonds is 5. The molecule has 0 aliphatic carbocycles. The van der Waals surface area contributed by atoms with Crippen LogP contribution >= 0.6 is 27.7 Å². The van der Waals surface area contributed by atoms with Crippen LogP contribution in [0.4, 0.5) is 4.79 Å². The minimum absolute atomic E-state index is 0.346. The Morgan fingerprint density at radius 1 is 1.33 bits per heavy atom. The van der Waals surface area contributed by atoms with Gasteiger partial charge in [-0.2, -0.15) is 0 Å². The summed E-state index contributed by atoms with van der Waals surface area (Å²) in [5.41, 5.74) is 0.604. The number of aromatic nitrogens is 2. The van der Waals surface area contributed by atoms with Gasteiger partial charge in [-0.25, -0.2) is 4.79 Å². The first-order valence-corrected chi connectivity index (χ1v) is 9.21. The molecule has 0 aliphatic heterocycles. The maximum absolute atomic E-state index is 11.8. The van der Waals surface area contributed by atoms with E-state index in [-0.39, 0.29) is 0 Å². The average molecular weight is 414 g/mol. The van der Waals surface area contributed by atoms with Crippen LogP contribution in [0.5, 0.6) is 0 Å². The quantitative estimate of drug-likeness (QED) is 0.714. The van der Waals surface area contributed by atoms with E-state index >= 15 is 0 Å². The predicted molar refractivity (Wildman–Crippen MR) is 95.8 cm³/mol. The lowest BCUT2D eigenvalue weighted by Crippen LogP contribution is -2.34. The first-order valence-electron chi connectivity index (χ1n) is 7.43. The highest BCUT2D eigenvalue weighted by Gasteiger charge is 2.21. The lowest BCUT2D eigenvalue weighted by atomic mass is 10.2. The summed E-state index contributed by atoms with van der Waals surface area (Å²) in [7, 11) is 0. The summed E-state index contributed by atoms with van der Waals surface area (Å²) in [5, 5.41) is 11.1. The Bertz CT molecular complexity index is 683. The van der Waals surface area contributed by atoms with E-state index in [1.807, 2.05) is 24.3 Å². The van der Waals surface area contributed by atoms with Crippen molar-refractivity contribution in [3.63, 3.8) is 0 Å². The van der Waals surface area contributed by atoms with Crippen LogP contribution in [0.3, 0.4) is 0 Å². The van der Waals surface area contributed by atoms with Gasteiger partial charge in [0.15, 0.2) is 0 Å². The number of alkyl carbamates (subject to hydrolysis) is 1. The molecule has 1 amide bonds. The SMILES string of the molecule is C[C@@H](NC(=O)OC(C)(C)C)c1nnc(SCc2ccc(Br)cc2)o1. The van der Waals surface area contributed by atoms with Gasteiger partial charge in [0.05, 0.1) is 0 Å². The first kappa shape index (κ1) is 18.8. The Hall–Kier alpha value is -1.54. The fraction of sp³-hybridized carbons (Fsp3) is 0.438. The molecular weight excluding hydrogens is 394 g/mol. The topological polar surface area (TPSA) is 77.2 Å². The fourth-order valence-electron chi connectivity index (χ4n) is 1.73. The van der Waals surface area contributed by atoms with Gasteiger partial charge in [-0.15, -0.1) is 10.2 Å². The largest absolute Gasteiger partial charge is 0.444 e. The van der Waals surface area contributed by atoms with E-state index in [0.29, 0.717) is 11.1 Å². The Morgan fingerprint density at radius 3 is 2.62 bits per heavy atom. The average Bonchev–Trinajstić information content (AvgIpc) is 2.93. The van der Waals surface area contributed by atoms with Crippen LogP contribution in [0.2, 0.25) is 0 Å². The number of carbonyl (C=O) groups excluding carboxylic acids is 1. The van der Waals surface area contributed by atoms with E-state index in [4.69, 9.17) is 9.15 Å². The maximum Gasteiger partial charge on any atom is 0.408 e. The zero-order valence-electron chi connectivity index (χ0n) is 14.0. The van der Waals surface area contributed by atoms with Gasteiger partial charge in [-0.05, 0) is 45.4 Å². The number of nitrogens with zero attached hydrogens (tertiary/aromatic N) is 2. The number of amides is 1. The Labute approximate surface area is 153 Å². The summed E-state index contributed by atoms with van der Waals surface area (Å²) in [5.74, 6) is 1.07. The minimum atomic E-state index is -0.551. The van der Waals surface area contributed by atoms with Gasteiger partial charge in [0.25, 0.3) is 5.22 Å². The van der Waals surface area contributed by atoms with Crippen molar-refractivity contribution >= 4 is 33.8 Å². The minimum Gasteiger partial charge on any atom is -0.444 e. The van der Waals surface area contributed by atoms with E-state index in [1.165, 1.54) is 11.8 Å². The summed E-state index contributed by atoms with van der Waals surface area (Å²) < 4.78 is 11.8. The summed E-state index contributed by atoms with van der Waals surface area (Å²) in [6.07, 6.45) is -0.516. The third-order valence-electron chi connectivity index (χ3n) is 2.80. The Balaban J connectivity index is 1.87. The lowest BCUT2D eigenvalue weighted by molar-refractivity contribution is 0.0500. The number of ether oxygens (including phenoxy) is 1. The van der Waals surface area contributed by atoms with Crippen molar-refractivity contribution in [2.24, 2.45) is 0 Å². The zero-order chi connectivity index (χ0) is 17.7. The lowest BCUT2D eigenvalue weighted by Gasteiger charge is -2.20. The first-order chi connectivity index (χ1) is 11.2.